The van der Waals surface area contributed by atoms with Crippen molar-refractivity contribution in [2.75, 3.05) is 7.11 Å². The summed E-state index contributed by atoms with van der Waals surface area (Å²) >= 11 is 0. The van der Waals surface area contributed by atoms with Crippen LogP contribution in [-0.4, -0.2) is 40.2 Å². The molecule has 2 unspecified atom stereocenters. The summed E-state index contributed by atoms with van der Waals surface area (Å²) in [5, 5.41) is 22.1. The van der Waals surface area contributed by atoms with E-state index >= 15 is 0 Å². The van der Waals surface area contributed by atoms with E-state index in [9.17, 15) is 0 Å². The minimum Gasteiger partial charge on any atom is -0.423 e. The molecule has 1 aromatic heterocycles. The Labute approximate surface area is 88.8 Å². The van der Waals surface area contributed by atoms with Crippen molar-refractivity contribution in [2.45, 2.75) is 31.4 Å². The highest BCUT2D eigenvalue weighted by Gasteiger charge is 2.29. The van der Waals surface area contributed by atoms with Gasteiger partial charge in [0.1, 0.15) is 0 Å². The molecule has 2 rings (SSSR count). The number of ether oxygens (including phenoxy) is 1. The molecule has 15 heavy (non-hydrogen) atoms. The van der Waals surface area contributed by atoms with Gasteiger partial charge >= 0.3 is 7.12 Å². The summed E-state index contributed by atoms with van der Waals surface area (Å²) in [6.45, 7) is 0. The van der Waals surface area contributed by atoms with Gasteiger partial charge in [-0.3, -0.25) is 4.68 Å². The molecule has 1 saturated carbocycles. The fourth-order valence-corrected chi connectivity index (χ4v) is 2.15. The molecular weight excluding hydrogens is 195 g/mol. The van der Waals surface area contributed by atoms with Crippen LogP contribution in [0.2, 0.25) is 0 Å². The van der Waals surface area contributed by atoms with Crippen molar-refractivity contribution in [3.05, 3.63) is 12.4 Å². The van der Waals surface area contributed by atoms with E-state index in [0.29, 0.717) is 5.46 Å². The predicted molar refractivity (Wildman–Crippen MR) is 55.7 cm³/mol. The van der Waals surface area contributed by atoms with E-state index in [-0.39, 0.29) is 12.1 Å². The molecule has 0 aliphatic heterocycles. The SMILES string of the molecule is COC1CCCC1n1cc(B(O)O)cn1. The largest absolute Gasteiger partial charge is 0.491 e. The second kappa shape index (κ2) is 4.34. The lowest BCUT2D eigenvalue weighted by Gasteiger charge is -2.18. The van der Waals surface area contributed by atoms with Gasteiger partial charge in [0.2, 0.25) is 0 Å². The van der Waals surface area contributed by atoms with Gasteiger partial charge in [0.15, 0.2) is 0 Å². The van der Waals surface area contributed by atoms with Crippen molar-refractivity contribution in [1.82, 2.24) is 9.78 Å². The molecule has 1 fully saturated rings. The summed E-state index contributed by atoms with van der Waals surface area (Å²) in [6, 6.07) is 0.225. The normalized spacial score (nSPS) is 25.8. The van der Waals surface area contributed by atoms with Gasteiger partial charge < -0.3 is 14.8 Å². The van der Waals surface area contributed by atoms with Gasteiger partial charge in [0.25, 0.3) is 0 Å². The maximum atomic E-state index is 8.97. The molecule has 1 aliphatic carbocycles. The molecule has 0 saturated heterocycles. The maximum absolute atomic E-state index is 8.97. The van der Waals surface area contributed by atoms with Crippen LogP contribution in [0.5, 0.6) is 0 Å². The minimum absolute atomic E-state index is 0.189. The lowest BCUT2D eigenvalue weighted by Crippen LogP contribution is -2.29. The van der Waals surface area contributed by atoms with Crippen molar-refractivity contribution >= 4 is 12.6 Å². The minimum atomic E-state index is -1.44. The maximum Gasteiger partial charge on any atom is 0.491 e. The van der Waals surface area contributed by atoms with Gasteiger partial charge in [0, 0.05) is 25.0 Å². The average molecular weight is 210 g/mol. The third kappa shape index (κ3) is 2.06. The van der Waals surface area contributed by atoms with Crippen LogP contribution in [0.4, 0.5) is 0 Å². The van der Waals surface area contributed by atoms with Crippen molar-refractivity contribution in [3.8, 4) is 0 Å². The molecule has 0 spiro atoms. The van der Waals surface area contributed by atoms with Crippen LogP contribution in [-0.2, 0) is 4.74 Å². The summed E-state index contributed by atoms with van der Waals surface area (Å²) < 4.78 is 7.14. The molecule has 6 heteroatoms. The van der Waals surface area contributed by atoms with E-state index < -0.39 is 7.12 Å². The second-order valence-electron chi connectivity index (χ2n) is 3.90. The van der Waals surface area contributed by atoms with E-state index in [0.717, 1.165) is 19.3 Å². The van der Waals surface area contributed by atoms with Crippen molar-refractivity contribution in [2.24, 2.45) is 0 Å². The smallest absolute Gasteiger partial charge is 0.423 e. The van der Waals surface area contributed by atoms with Gasteiger partial charge in [-0.2, -0.15) is 5.10 Å². The Balaban J connectivity index is 2.14. The molecule has 1 aromatic rings. The molecule has 1 aliphatic rings. The van der Waals surface area contributed by atoms with Crippen LogP contribution in [0.15, 0.2) is 12.4 Å². The monoisotopic (exact) mass is 210 g/mol. The van der Waals surface area contributed by atoms with E-state index in [1.54, 1.807) is 18.0 Å². The predicted octanol–water partition coefficient (Wildman–Crippen LogP) is -0.697. The Morgan fingerprint density at radius 2 is 2.33 bits per heavy atom. The van der Waals surface area contributed by atoms with E-state index in [2.05, 4.69) is 5.10 Å². The molecule has 0 aromatic carbocycles. The molecule has 0 amide bonds. The van der Waals surface area contributed by atoms with Gasteiger partial charge in [-0.25, -0.2) is 0 Å². The quantitative estimate of drug-likeness (QED) is 0.647. The van der Waals surface area contributed by atoms with Crippen molar-refractivity contribution in [3.63, 3.8) is 0 Å². The molecule has 5 nitrogen and oxygen atoms in total. The summed E-state index contributed by atoms with van der Waals surface area (Å²) in [5.74, 6) is 0. The first-order chi connectivity index (χ1) is 7.22. The van der Waals surface area contributed by atoms with Gasteiger partial charge in [-0.05, 0) is 19.3 Å². The van der Waals surface area contributed by atoms with Crippen molar-refractivity contribution < 1.29 is 14.8 Å². The van der Waals surface area contributed by atoms with Gasteiger partial charge in [-0.1, -0.05) is 0 Å². The zero-order chi connectivity index (χ0) is 10.8. The van der Waals surface area contributed by atoms with Crippen LogP contribution in [0.25, 0.3) is 0 Å². The highest BCUT2D eigenvalue weighted by atomic mass is 16.5. The first-order valence-corrected chi connectivity index (χ1v) is 5.15. The third-order valence-electron chi connectivity index (χ3n) is 2.98. The lowest BCUT2D eigenvalue weighted by atomic mass is 9.83. The summed E-state index contributed by atoms with van der Waals surface area (Å²) in [5.41, 5.74) is 0.428. The highest BCUT2D eigenvalue weighted by Crippen LogP contribution is 2.31. The molecule has 0 radical (unpaired) electrons. The Kier molecular flexibility index (Phi) is 3.09. The number of methoxy groups -OCH3 is 1. The fraction of sp³-hybridized carbons (Fsp3) is 0.667. The van der Waals surface area contributed by atoms with Crippen LogP contribution < -0.4 is 5.46 Å². The number of hydrogen-bond acceptors (Lipinski definition) is 4. The summed E-state index contributed by atoms with van der Waals surface area (Å²) in [4.78, 5) is 0. The Morgan fingerprint density at radius 1 is 1.53 bits per heavy atom. The highest BCUT2D eigenvalue weighted by molar-refractivity contribution is 6.58. The zero-order valence-corrected chi connectivity index (χ0v) is 8.71. The number of hydrogen-bond donors (Lipinski definition) is 2. The lowest BCUT2D eigenvalue weighted by molar-refractivity contribution is 0.0709. The van der Waals surface area contributed by atoms with Gasteiger partial charge in [0.05, 0.1) is 12.1 Å². The molecule has 0 bridgehead atoms. The third-order valence-corrected chi connectivity index (χ3v) is 2.98. The first kappa shape index (κ1) is 10.7. The second-order valence-corrected chi connectivity index (χ2v) is 3.90. The van der Waals surface area contributed by atoms with E-state index in [4.69, 9.17) is 14.8 Å². The molecule has 2 N–H and O–H groups in total. The van der Waals surface area contributed by atoms with Crippen LogP contribution in [0.3, 0.4) is 0 Å². The molecule has 2 atom stereocenters. The zero-order valence-electron chi connectivity index (χ0n) is 8.71. The van der Waals surface area contributed by atoms with E-state index in [1.807, 2.05) is 0 Å². The standard InChI is InChI=1S/C9H15BN2O3/c1-15-9-4-2-3-8(9)12-6-7(5-11-12)10(13)14/h5-6,8-9,13-14H,2-4H2,1H3. The Morgan fingerprint density at radius 3 is 2.93 bits per heavy atom. The molecule has 82 valence electrons. The molecule has 1 heterocycles. The average Bonchev–Trinajstić information content (AvgIpc) is 2.85. The summed E-state index contributed by atoms with van der Waals surface area (Å²) in [7, 11) is 0.259. The molecular formula is C9H15BN2O3. The van der Waals surface area contributed by atoms with E-state index in [1.165, 1.54) is 6.20 Å². The van der Waals surface area contributed by atoms with Crippen molar-refractivity contribution in [1.29, 1.82) is 0 Å². The number of aromatic nitrogens is 2. The Bertz CT molecular complexity index is 329. The van der Waals surface area contributed by atoms with Gasteiger partial charge in [-0.15, -0.1) is 0 Å². The first-order valence-electron chi connectivity index (χ1n) is 5.15. The number of nitrogens with zero attached hydrogens (tertiary/aromatic N) is 2. The number of rotatable bonds is 3. The van der Waals surface area contributed by atoms with Crippen LogP contribution in [0, 0.1) is 0 Å². The summed E-state index contributed by atoms with van der Waals surface area (Å²) in [6.07, 6.45) is 6.54. The Hall–Kier alpha value is -0.845. The fourth-order valence-electron chi connectivity index (χ4n) is 2.15. The van der Waals surface area contributed by atoms with Crippen LogP contribution in [0.1, 0.15) is 25.3 Å². The topological polar surface area (TPSA) is 67.5 Å². The van der Waals surface area contributed by atoms with Crippen LogP contribution >= 0.6 is 0 Å².